The summed E-state index contributed by atoms with van der Waals surface area (Å²) in [5, 5.41) is 2.76. The third kappa shape index (κ3) is 3.16. The number of carbonyl (C=O) groups excluding carboxylic acids is 1. The minimum absolute atomic E-state index is 0.215. The number of anilines is 1. The Hall–Kier alpha value is -2.50. The second-order valence-electron chi connectivity index (χ2n) is 5.66. The summed E-state index contributed by atoms with van der Waals surface area (Å²) in [7, 11) is 1.49. The largest absolute Gasteiger partial charge is 0.480 e. The highest BCUT2D eigenvalue weighted by Gasteiger charge is 2.23. The van der Waals surface area contributed by atoms with Gasteiger partial charge in [0.05, 0.1) is 19.0 Å². The fourth-order valence-corrected chi connectivity index (χ4v) is 2.63. The highest BCUT2D eigenvalue weighted by Crippen LogP contribution is 2.38. The molecule has 120 valence electrons. The van der Waals surface area contributed by atoms with Crippen LogP contribution in [0.4, 0.5) is 10.1 Å². The molecule has 6 heteroatoms. The van der Waals surface area contributed by atoms with Crippen molar-refractivity contribution in [3.05, 3.63) is 47.2 Å². The maximum absolute atomic E-state index is 13.9. The van der Waals surface area contributed by atoms with Crippen LogP contribution in [-0.4, -0.2) is 23.0 Å². The van der Waals surface area contributed by atoms with Gasteiger partial charge in [0.15, 0.2) is 0 Å². The van der Waals surface area contributed by atoms with Gasteiger partial charge >= 0.3 is 0 Å². The lowest BCUT2D eigenvalue weighted by Crippen LogP contribution is -2.17. The van der Waals surface area contributed by atoms with Crippen LogP contribution in [0.15, 0.2) is 24.4 Å². The topological polar surface area (TPSA) is 64.1 Å². The smallest absolute Gasteiger partial charge is 0.276 e. The Bertz CT molecular complexity index is 745. The number of halogens is 1. The van der Waals surface area contributed by atoms with Crippen LogP contribution in [0.2, 0.25) is 0 Å². The molecule has 0 unspecified atom stereocenters. The fraction of sp³-hybridized carbons (Fsp3) is 0.353. The molecule has 2 aromatic rings. The van der Waals surface area contributed by atoms with E-state index in [2.05, 4.69) is 15.3 Å². The molecule has 1 aliphatic rings. The third-order valence-electron chi connectivity index (χ3n) is 4.15. The first-order valence-corrected chi connectivity index (χ1v) is 7.57. The highest BCUT2D eigenvalue weighted by molar-refractivity contribution is 6.03. The average Bonchev–Trinajstić information content (AvgIpc) is 2.48. The number of benzene rings is 1. The van der Waals surface area contributed by atoms with Gasteiger partial charge < -0.3 is 10.1 Å². The summed E-state index contributed by atoms with van der Waals surface area (Å²) in [6, 6.07) is 4.67. The molecule has 1 saturated carbocycles. The number of amides is 1. The zero-order valence-corrected chi connectivity index (χ0v) is 13.1. The molecule has 1 aromatic heterocycles. The summed E-state index contributed by atoms with van der Waals surface area (Å²) in [6.45, 7) is 1.69. The van der Waals surface area contributed by atoms with E-state index in [4.69, 9.17) is 4.74 Å². The quantitative estimate of drug-likeness (QED) is 0.938. The SMILES string of the molecule is COc1cnc(C(=O)Nc2ccc(F)c(C3CCC3)c2)c(C)n1. The van der Waals surface area contributed by atoms with Crippen molar-refractivity contribution in [2.75, 3.05) is 12.4 Å². The summed E-state index contributed by atoms with van der Waals surface area (Å²) in [5.74, 6) is 0.0272. The Morgan fingerprint density at radius 3 is 2.78 bits per heavy atom. The van der Waals surface area contributed by atoms with E-state index in [-0.39, 0.29) is 23.3 Å². The number of nitrogens with one attached hydrogen (secondary N) is 1. The van der Waals surface area contributed by atoms with E-state index < -0.39 is 0 Å². The van der Waals surface area contributed by atoms with E-state index in [1.807, 2.05) is 0 Å². The van der Waals surface area contributed by atoms with E-state index in [9.17, 15) is 9.18 Å². The molecule has 23 heavy (non-hydrogen) atoms. The first-order valence-electron chi connectivity index (χ1n) is 7.57. The summed E-state index contributed by atoms with van der Waals surface area (Å²) in [4.78, 5) is 20.5. The van der Waals surface area contributed by atoms with Crippen molar-refractivity contribution in [3.63, 3.8) is 0 Å². The van der Waals surface area contributed by atoms with Gasteiger partial charge in [0.1, 0.15) is 11.5 Å². The highest BCUT2D eigenvalue weighted by atomic mass is 19.1. The second kappa shape index (κ2) is 6.32. The lowest BCUT2D eigenvalue weighted by atomic mass is 9.80. The van der Waals surface area contributed by atoms with Crippen LogP contribution in [0.1, 0.15) is 46.9 Å². The van der Waals surface area contributed by atoms with Crippen LogP contribution in [-0.2, 0) is 0 Å². The maximum Gasteiger partial charge on any atom is 0.276 e. The summed E-state index contributed by atoms with van der Waals surface area (Å²) >= 11 is 0. The van der Waals surface area contributed by atoms with Crippen LogP contribution < -0.4 is 10.1 Å². The minimum Gasteiger partial charge on any atom is -0.480 e. The van der Waals surface area contributed by atoms with E-state index in [0.29, 0.717) is 22.8 Å². The number of hydrogen-bond acceptors (Lipinski definition) is 4. The molecular formula is C17H18FN3O2. The third-order valence-corrected chi connectivity index (χ3v) is 4.15. The monoisotopic (exact) mass is 315 g/mol. The van der Waals surface area contributed by atoms with Gasteiger partial charge in [-0.25, -0.2) is 14.4 Å². The van der Waals surface area contributed by atoms with E-state index >= 15 is 0 Å². The molecular weight excluding hydrogens is 297 g/mol. The minimum atomic E-state index is -0.371. The molecule has 5 nitrogen and oxygen atoms in total. The molecule has 1 fully saturated rings. The van der Waals surface area contributed by atoms with Crippen LogP contribution in [0.5, 0.6) is 5.88 Å². The van der Waals surface area contributed by atoms with Gasteiger partial charge in [-0.2, -0.15) is 0 Å². The van der Waals surface area contributed by atoms with E-state index in [1.54, 1.807) is 19.1 Å². The Kier molecular flexibility index (Phi) is 4.23. The standard InChI is InChI=1S/C17H18FN3O2/c1-10-16(19-9-15(20-10)23-2)17(22)21-12-6-7-14(18)13(8-12)11-4-3-5-11/h6-9,11H,3-5H2,1-2H3,(H,21,22). The zero-order valence-electron chi connectivity index (χ0n) is 13.1. The molecule has 0 atom stereocenters. The summed E-state index contributed by atoms with van der Waals surface area (Å²) in [6.07, 6.45) is 4.52. The molecule has 1 aromatic carbocycles. The molecule has 0 bridgehead atoms. The predicted molar refractivity (Wildman–Crippen MR) is 84.3 cm³/mol. The van der Waals surface area contributed by atoms with Gasteiger partial charge in [0.2, 0.25) is 5.88 Å². The number of hydrogen-bond donors (Lipinski definition) is 1. The molecule has 1 heterocycles. The van der Waals surface area contributed by atoms with Crippen molar-refractivity contribution < 1.29 is 13.9 Å². The van der Waals surface area contributed by atoms with Crippen molar-refractivity contribution >= 4 is 11.6 Å². The summed E-state index contributed by atoms with van der Waals surface area (Å²) < 4.78 is 18.9. The van der Waals surface area contributed by atoms with Crippen molar-refractivity contribution in [3.8, 4) is 5.88 Å². The van der Waals surface area contributed by atoms with Crippen molar-refractivity contribution in [2.24, 2.45) is 0 Å². The Labute approximate surface area is 133 Å². The van der Waals surface area contributed by atoms with E-state index in [0.717, 1.165) is 19.3 Å². The van der Waals surface area contributed by atoms with Gasteiger partial charge in [-0.15, -0.1) is 0 Å². The Morgan fingerprint density at radius 2 is 2.17 bits per heavy atom. The van der Waals surface area contributed by atoms with Gasteiger partial charge in [-0.3, -0.25) is 4.79 Å². The normalized spacial score (nSPS) is 14.2. The molecule has 1 aliphatic carbocycles. The van der Waals surface area contributed by atoms with Gasteiger partial charge in [-0.05, 0) is 49.4 Å². The van der Waals surface area contributed by atoms with E-state index in [1.165, 1.54) is 19.4 Å². The van der Waals surface area contributed by atoms with Crippen molar-refractivity contribution in [1.82, 2.24) is 9.97 Å². The van der Waals surface area contributed by atoms with Crippen LogP contribution in [0.25, 0.3) is 0 Å². The Balaban J connectivity index is 1.80. The van der Waals surface area contributed by atoms with Gasteiger partial charge in [0, 0.05) is 5.69 Å². The van der Waals surface area contributed by atoms with Gasteiger partial charge in [-0.1, -0.05) is 6.42 Å². The number of methoxy groups -OCH3 is 1. The number of aromatic nitrogens is 2. The van der Waals surface area contributed by atoms with Gasteiger partial charge in [0.25, 0.3) is 5.91 Å². The molecule has 1 N–H and O–H groups in total. The first-order chi connectivity index (χ1) is 11.1. The maximum atomic E-state index is 13.9. The number of nitrogens with zero attached hydrogens (tertiary/aromatic N) is 2. The molecule has 1 amide bonds. The predicted octanol–water partition coefficient (Wildman–Crippen LogP) is 3.45. The number of carbonyl (C=O) groups is 1. The zero-order chi connectivity index (χ0) is 16.4. The molecule has 3 rings (SSSR count). The summed E-state index contributed by atoms with van der Waals surface area (Å²) in [5.41, 5.74) is 1.94. The van der Waals surface area contributed by atoms with Crippen molar-refractivity contribution in [1.29, 1.82) is 0 Å². The molecule has 0 aliphatic heterocycles. The number of aryl methyl sites for hydroxylation is 1. The lowest BCUT2D eigenvalue weighted by Gasteiger charge is -2.26. The second-order valence-corrected chi connectivity index (χ2v) is 5.66. The number of rotatable bonds is 4. The molecule has 0 radical (unpaired) electrons. The first kappa shape index (κ1) is 15.4. The lowest BCUT2D eigenvalue weighted by molar-refractivity contribution is 0.102. The van der Waals surface area contributed by atoms with Crippen molar-refractivity contribution in [2.45, 2.75) is 32.1 Å². The number of ether oxygens (including phenoxy) is 1. The van der Waals surface area contributed by atoms with Crippen LogP contribution in [0.3, 0.4) is 0 Å². The Morgan fingerprint density at radius 1 is 1.39 bits per heavy atom. The average molecular weight is 315 g/mol. The van der Waals surface area contributed by atoms with Crippen LogP contribution in [0, 0.1) is 12.7 Å². The molecule has 0 saturated heterocycles. The fourth-order valence-electron chi connectivity index (χ4n) is 2.63. The molecule has 0 spiro atoms. The van der Waals surface area contributed by atoms with Crippen LogP contribution >= 0.6 is 0 Å².